The molecule has 1 saturated carbocycles. The lowest BCUT2D eigenvalue weighted by molar-refractivity contribution is -0.165. The fourth-order valence-corrected chi connectivity index (χ4v) is 29.2. The van der Waals surface area contributed by atoms with Gasteiger partial charge >= 0.3 is 18.0 Å². The van der Waals surface area contributed by atoms with Crippen LogP contribution in [0.4, 0.5) is 4.79 Å². The molecule has 28 aromatic carbocycles. The summed E-state index contributed by atoms with van der Waals surface area (Å²) in [5.74, 6) is -0.701. The van der Waals surface area contributed by atoms with E-state index in [-0.39, 0.29) is 18.5 Å². The number of carbonyl (C=O) groups is 4. The lowest BCUT2D eigenvalue weighted by atomic mass is 9.68. The van der Waals surface area contributed by atoms with Crippen molar-refractivity contribution in [3.63, 3.8) is 0 Å². The maximum atomic E-state index is 17.3. The van der Waals surface area contributed by atoms with Crippen LogP contribution in [-0.4, -0.2) is 82.8 Å². The van der Waals surface area contributed by atoms with E-state index in [9.17, 15) is 9.59 Å². The molecule has 0 heterocycles. The van der Waals surface area contributed by atoms with Gasteiger partial charge in [-0.05, 0) is 347 Å². The smallest absolute Gasteiger partial charge is 0.407 e. The number of carbonyl (C=O) groups excluding carboxylic acids is 4. The Kier molecular flexibility index (Phi) is 7.02. The lowest BCUT2D eigenvalue weighted by Crippen LogP contribution is -2.38. The molecule has 0 aromatic heterocycles. The Labute approximate surface area is 573 Å². The van der Waals surface area contributed by atoms with Gasteiger partial charge in [-0.3, -0.25) is 14.4 Å². The lowest BCUT2D eigenvalue weighted by Gasteiger charge is -2.32. The number of benzene rings is 18. The van der Waals surface area contributed by atoms with E-state index in [1.807, 2.05) is 20.8 Å². The number of rotatable bonds is 27. The Morgan fingerprint density at radius 3 is 0.775 bits per heavy atom. The van der Waals surface area contributed by atoms with Gasteiger partial charge in [0.15, 0.2) is 5.41 Å². The molecule has 11 nitrogen and oxygen atoms in total. The van der Waals surface area contributed by atoms with E-state index in [4.69, 9.17) is 23.7 Å². The molecule has 33 rings (SSSR count). The van der Waals surface area contributed by atoms with Crippen LogP contribution in [0.25, 0.3) is 291 Å². The van der Waals surface area contributed by atoms with Gasteiger partial charge in [0.2, 0.25) is 5.91 Å². The van der Waals surface area contributed by atoms with Crippen molar-refractivity contribution in [3.05, 3.63) is 22.3 Å². The highest BCUT2D eigenvalue weighted by Crippen LogP contribution is 2.96. The van der Waals surface area contributed by atoms with Crippen LogP contribution in [0.2, 0.25) is 0 Å². The molecule has 0 unspecified atom stereocenters. The van der Waals surface area contributed by atoms with E-state index in [0.29, 0.717) is 45.9 Å². The SMILES string of the molecule is COC(=O)C1(C(=O)OCCCCCCCCCCCCCCCC(=O)NCCOCCOCCNC(=O)OC(C)(C)C)C23c4c5c6c7c8c9c(c%10c%11c2c2c4c4c%12c5c5c6c6c8c8c%13c9c9c%10c%10c%11c%11c2c2c4c4c%12c%12c5c5c6c8c6c8c%13c9c9c%10c%10c%11c2c2c4c4c%12c5c6c5c8c9c%10c2c45)C713. The number of ether oxygens (including phenoxy) is 5. The zero-order valence-corrected chi connectivity index (χ0v) is 56.5. The molecule has 0 saturated heterocycles. The van der Waals surface area contributed by atoms with Crippen molar-refractivity contribution in [2.45, 2.75) is 127 Å². The molecule has 484 valence electrons. The molecule has 5 aliphatic rings. The number of esters is 2. The molecular formula is C91H56N2O9. The summed E-state index contributed by atoms with van der Waals surface area (Å²) in [4.78, 5) is 58.5. The number of hydrogen-bond acceptors (Lipinski definition) is 9. The zero-order chi connectivity index (χ0) is 65.6. The van der Waals surface area contributed by atoms with Crippen LogP contribution in [0.1, 0.15) is 133 Å². The van der Waals surface area contributed by atoms with E-state index in [0.717, 1.165) is 44.9 Å². The van der Waals surface area contributed by atoms with Crippen molar-refractivity contribution in [2.75, 3.05) is 53.2 Å². The van der Waals surface area contributed by atoms with Crippen molar-refractivity contribution < 1.29 is 42.9 Å². The average Bonchev–Trinajstić information content (AvgIpc) is 1.35. The predicted molar refractivity (Wildman–Crippen MR) is 413 cm³/mol. The summed E-state index contributed by atoms with van der Waals surface area (Å²) >= 11 is 0. The minimum absolute atomic E-state index is 0.0747. The van der Waals surface area contributed by atoms with Crippen molar-refractivity contribution in [2.24, 2.45) is 5.41 Å². The molecule has 102 heavy (non-hydrogen) atoms. The topological polar surface area (TPSA) is 138 Å². The molecule has 5 aliphatic carbocycles. The second kappa shape index (κ2) is 14.2. The Morgan fingerprint density at radius 1 is 0.284 bits per heavy atom. The number of amides is 2. The van der Waals surface area contributed by atoms with Crippen LogP contribution in [-0.2, 0) is 48.9 Å². The van der Waals surface area contributed by atoms with Crippen molar-refractivity contribution in [1.82, 2.24) is 10.6 Å². The van der Waals surface area contributed by atoms with Gasteiger partial charge in [-0.2, -0.15) is 0 Å². The summed E-state index contributed by atoms with van der Waals surface area (Å²) in [5.41, 5.74) is 0.697. The fraction of sp³-hybridized carbons (Fsp3) is 0.319. The summed E-state index contributed by atoms with van der Waals surface area (Å²) in [6, 6.07) is 0. The van der Waals surface area contributed by atoms with Crippen molar-refractivity contribution in [1.29, 1.82) is 0 Å². The monoisotopic (exact) mass is 1320 g/mol. The van der Waals surface area contributed by atoms with Gasteiger partial charge in [0.05, 0.1) is 51.0 Å². The molecule has 0 atom stereocenters. The van der Waals surface area contributed by atoms with Gasteiger partial charge in [-0.15, -0.1) is 0 Å². The second-order valence-corrected chi connectivity index (χ2v) is 35.0. The average molecular weight is 1320 g/mol. The van der Waals surface area contributed by atoms with Crippen LogP contribution < -0.4 is 10.6 Å². The fourth-order valence-electron chi connectivity index (χ4n) is 29.2. The summed E-state index contributed by atoms with van der Waals surface area (Å²) in [7, 11) is 1.58. The maximum Gasteiger partial charge on any atom is 0.407 e. The first-order valence-electron chi connectivity index (χ1n) is 38.5. The van der Waals surface area contributed by atoms with E-state index in [1.165, 1.54) is 298 Å². The summed E-state index contributed by atoms with van der Waals surface area (Å²) < 4.78 is 30.0. The van der Waals surface area contributed by atoms with Gasteiger partial charge < -0.3 is 34.3 Å². The van der Waals surface area contributed by atoms with Gasteiger partial charge in [-0.25, -0.2) is 4.79 Å². The van der Waals surface area contributed by atoms with Crippen LogP contribution >= 0.6 is 0 Å². The number of unbranched alkanes of at least 4 members (excludes halogenated alkanes) is 12. The first-order chi connectivity index (χ1) is 50.1. The predicted octanol–water partition coefficient (Wildman–Crippen LogP) is 21.1. The number of nitrogens with one attached hydrogen (secondary N) is 2. The molecule has 0 bridgehead atoms. The molecule has 2 N–H and O–H groups in total. The highest BCUT2D eigenvalue weighted by molar-refractivity contribution is 6.82. The zero-order valence-electron chi connectivity index (χ0n) is 56.5. The highest BCUT2D eigenvalue weighted by Gasteiger charge is 3.01. The number of alkyl carbamates (subject to hydrolysis) is 1. The summed E-state index contributed by atoms with van der Waals surface area (Å²) in [6.07, 6.45) is 14.5. The molecule has 28 aromatic rings. The van der Waals surface area contributed by atoms with Crippen molar-refractivity contribution >= 4 is 315 Å². The molecule has 0 radical (unpaired) electrons. The van der Waals surface area contributed by atoms with E-state index >= 15 is 9.59 Å². The molecular weight excluding hydrogens is 1270 g/mol. The second-order valence-electron chi connectivity index (χ2n) is 35.0. The molecule has 2 spiro atoms. The van der Waals surface area contributed by atoms with Crippen LogP contribution in [0.15, 0.2) is 0 Å². The van der Waals surface area contributed by atoms with E-state index in [1.54, 1.807) is 61.0 Å². The quantitative estimate of drug-likeness (QED) is 0.0169. The van der Waals surface area contributed by atoms with Crippen LogP contribution in [0, 0.1) is 5.41 Å². The van der Waals surface area contributed by atoms with Gasteiger partial charge in [0, 0.05) is 19.5 Å². The normalized spacial score (nSPS) is 20.4. The third kappa shape index (κ3) is 3.86. The standard InChI is InChI=1S/C91H56N2O9/c1-88(2,3)102-87(97)93-20-23-100-25-24-99-22-19-92-26(94)18-16-14-12-10-8-6-5-7-9-11-13-15-17-21-101-86(96)91(85(95)98-4)89-81-73-65-55-45-37-29-27-28-31-35-33(29)41-49-43(35)53-47-39(31)40-32(28)36-34-30(27)38(37)46-52-42(34)50-44(36)54-48(40)58-57(47)67-61(53)71-63(49)69(59(65)51(41)45)77(81)79(71)83-75(67)76-68(58)62(54)72-64(50)70-60(52)66(56(46)55)74(73)82(89)78(70)80(72)84(76)90(83,89)91/h5-25H2,1-4H3,(H,92,94)(H,93,97). The Hall–Kier alpha value is -9.94. The van der Waals surface area contributed by atoms with Crippen LogP contribution in [0.3, 0.4) is 0 Å². The summed E-state index contributed by atoms with van der Waals surface area (Å²) in [5, 5.41) is 85.5. The first kappa shape index (κ1) is 50.4. The minimum Gasteiger partial charge on any atom is -0.468 e. The third-order valence-corrected chi connectivity index (χ3v) is 30.8. The third-order valence-electron chi connectivity index (χ3n) is 30.8. The van der Waals surface area contributed by atoms with Gasteiger partial charge in [-0.1, -0.05) is 70.6 Å². The number of methoxy groups -OCH3 is 1. The Balaban J connectivity index is 0.480. The number of hydrogen-bond donors (Lipinski definition) is 2. The Morgan fingerprint density at radius 2 is 0.520 bits per heavy atom. The summed E-state index contributed by atoms with van der Waals surface area (Å²) in [6.45, 7) is 8.25. The Bertz CT molecular complexity index is 7620. The largest absolute Gasteiger partial charge is 0.468 e. The van der Waals surface area contributed by atoms with Crippen LogP contribution in [0.5, 0.6) is 0 Å². The minimum atomic E-state index is -1.71. The van der Waals surface area contributed by atoms with Gasteiger partial charge in [0.25, 0.3) is 0 Å². The molecule has 0 aliphatic heterocycles. The van der Waals surface area contributed by atoms with Crippen molar-refractivity contribution in [3.8, 4) is 0 Å². The molecule has 11 heteroatoms. The molecule has 1 fully saturated rings. The molecule has 2 amide bonds. The van der Waals surface area contributed by atoms with E-state index < -0.39 is 33.9 Å². The highest BCUT2D eigenvalue weighted by atomic mass is 16.6. The first-order valence-corrected chi connectivity index (χ1v) is 38.5. The maximum absolute atomic E-state index is 17.3. The van der Waals surface area contributed by atoms with E-state index in [2.05, 4.69) is 10.6 Å². The van der Waals surface area contributed by atoms with Gasteiger partial charge in [0.1, 0.15) is 5.60 Å².